The quantitative estimate of drug-likeness (QED) is 0.854. The first-order chi connectivity index (χ1) is 9.33. The number of nitrogens with two attached hydrogens (primary N) is 1. The number of nitrogens with zero attached hydrogens (tertiary/aromatic N) is 1. The Hall–Kier alpha value is -1.20. The molecule has 0 spiro atoms. The zero-order valence-corrected chi connectivity index (χ0v) is 12.7. The monoisotopic (exact) mass is 314 g/mol. The van der Waals surface area contributed by atoms with Crippen molar-refractivity contribution in [3.8, 4) is 0 Å². The zero-order chi connectivity index (χ0) is 14.9. The first-order valence-corrected chi connectivity index (χ1v) is 7.16. The highest BCUT2D eigenvalue weighted by Gasteiger charge is 2.34. The molecule has 108 valence electrons. The molecule has 20 heavy (non-hydrogen) atoms. The maximum atomic E-state index is 13.4. The topological polar surface area (TPSA) is 46.3 Å². The van der Waals surface area contributed by atoms with Crippen molar-refractivity contribution >= 4 is 34.7 Å². The minimum Gasteiger partial charge on any atom is -0.393 e. The SMILES string of the molecule is CC1(C(N)=S)CCN(C(=O)c2ccc(Cl)c(F)c2)CC1. The van der Waals surface area contributed by atoms with E-state index in [2.05, 4.69) is 0 Å². The summed E-state index contributed by atoms with van der Waals surface area (Å²) in [6, 6.07) is 4.11. The van der Waals surface area contributed by atoms with Crippen LogP contribution in [0.5, 0.6) is 0 Å². The van der Waals surface area contributed by atoms with Crippen molar-refractivity contribution in [3.05, 3.63) is 34.6 Å². The van der Waals surface area contributed by atoms with Crippen molar-refractivity contribution in [2.24, 2.45) is 11.1 Å². The molecule has 0 atom stereocenters. The predicted octanol–water partition coefficient (Wildman–Crippen LogP) is 3.01. The smallest absolute Gasteiger partial charge is 0.253 e. The molecule has 3 nitrogen and oxygen atoms in total. The van der Waals surface area contributed by atoms with Crippen molar-refractivity contribution in [1.29, 1.82) is 0 Å². The summed E-state index contributed by atoms with van der Waals surface area (Å²) in [5.41, 5.74) is 5.85. The number of likely N-dealkylation sites (tertiary alicyclic amines) is 1. The maximum absolute atomic E-state index is 13.4. The lowest BCUT2D eigenvalue weighted by Crippen LogP contribution is -2.46. The molecule has 6 heteroatoms. The molecule has 1 amide bonds. The molecule has 0 bridgehead atoms. The summed E-state index contributed by atoms with van der Waals surface area (Å²) in [5, 5.41) is 0.0150. The van der Waals surface area contributed by atoms with E-state index in [0.29, 0.717) is 23.6 Å². The van der Waals surface area contributed by atoms with Gasteiger partial charge in [-0.3, -0.25) is 4.79 Å². The van der Waals surface area contributed by atoms with E-state index >= 15 is 0 Å². The molecule has 0 radical (unpaired) electrons. The Kier molecular flexibility index (Phi) is 4.30. The van der Waals surface area contributed by atoms with Crippen molar-refractivity contribution in [2.45, 2.75) is 19.8 Å². The van der Waals surface area contributed by atoms with E-state index < -0.39 is 5.82 Å². The molecule has 0 aliphatic carbocycles. The Labute approximate surface area is 127 Å². The van der Waals surface area contributed by atoms with Crippen LogP contribution in [0.2, 0.25) is 5.02 Å². The fraction of sp³-hybridized carbons (Fsp3) is 0.429. The lowest BCUT2D eigenvalue weighted by Gasteiger charge is -2.38. The third-order valence-electron chi connectivity index (χ3n) is 3.92. The highest BCUT2D eigenvalue weighted by atomic mass is 35.5. The van der Waals surface area contributed by atoms with Gasteiger partial charge in [-0.2, -0.15) is 0 Å². The number of carbonyl (C=O) groups excluding carboxylic acids is 1. The third kappa shape index (κ3) is 2.94. The van der Waals surface area contributed by atoms with E-state index in [-0.39, 0.29) is 16.3 Å². The fourth-order valence-electron chi connectivity index (χ4n) is 2.26. The van der Waals surface area contributed by atoms with E-state index in [1.54, 1.807) is 4.90 Å². The number of piperidine rings is 1. The van der Waals surface area contributed by atoms with Gasteiger partial charge >= 0.3 is 0 Å². The first kappa shape index (κ1) is 15.2. The number of halogens is 2. The van der Waals surface area contributed by atoms with Gasteiger partial charge < -0.3 is 10.6 Å². The van der Waals surface area contributed by atoms with Crippen molar-refractivity contribution in [2.75, 3.05) is 13.1 Å². The Morgan fingerprint density at radius 3 is 2.55 bits per heavy atom. The molecule has 0 aromatic heterocycles. The van der Waals surface area contributed by atoms with Gasteiger partial charge in [-0.05, 0) is 31.0 Å². The van der Waals surface area contributed by atoms with Crippen LogP contribution in [0.15, 0.2) is 18.2 Å². The molecular weight excluding hydrogens is 299 g/mol. The van der Waals surface area contributed by atoms with Gasteiger partial charge in [0.25, 0.3) is 5.91 Å². The Balaban J connectivity index is 2.08. The summed E-state index contributed by atoms with van der Waals surface area (Å²) < 4.78 is 13.4. The number of carbonyl (C=O) groups is 1. The Bertz CT molecular complexity index is 556. The standard InChI is InChI=1S/C14H16ClFN2OS/c1-14(13(17)20)4-6-18(7-5-14)12(19)9-2-3-10(15)11(16)8-9/h2-3,8H,4-7H2,1H3,(H2,17,20). The third-order valence-corrected chi connectivity index (χ3v) is 4.71. The predicted molar refractivity (Wildman–Crippen MR) is 81.4 cm³/mol. The van der Waals surface area contributed by atoms with Crippen LogP contribution in [0.25, 0.3) is 0 Å². The van der Waals surface area contributed by atoms with Crippen LogP contribution in [-0.4, -0.2) is 28.9 Å². The second-order valence-corrected chi connectivity index (χ2v) is 6.19. The average molecular weight is 315 g/mol. The number of amides is 1. The summed E-state index contributed by atoms with van der Waals surface area (Å²) in [6.45, 7) is 3.15. The molecule has 0 unspecified atom stereocenters. The number of hydrogen-bond acceptors (Lipinski definition) is 2. The minimum absolute atomic E-state index is 0.0150. The highest BCUT2D eigenvalue weighted by molar-refractivity contribution is 7.80. The number of thiocarbonyl (C=S) groups is 1. The Morgan fingerprint density at radius 1 is 1.45 bits per heavy atom. The molecule has 2 N–H and O–H groups in total. The van der Waals surface area contributed by atoms with Gasteiger partial charge in [0.15, 0.2) is 0 Å². The second kappa shape index (κ2) is 5.66. The van der Waals surface area contributed by atoms with Gasteiger partial charge in [0, 0.05) is 24.1 Å². The van der Waals surface area contributed by atoms with Crippen LogP contribution in [-0.2, 0) is 0 Å². The van der Waals surface area contributed by atoms with Crippen LogP contribution < -0.4 is 5.73 Å². The maximum Gasteiger partial charge on any atom is 0.253 e. The molecule has 1 saturated heterocycles. The van der Waals surface area contributed by atoms with Gasteiger partial charge in [-0.1, -0.05) is 30.7 Å². The van der Waals surface area contributed by atoms with Gasteiger partial charge in [0.05, 0.1) is 10.0 Å². The molecule has 1 aliphatic heterocycles. The summed E-state index contributed by atoms with van der Waals surface area (Å²) >= 11 is 10.7. The summed E-state index contributed by atoms with van der Waals surface area (Å²) in [4.78, 5) is 14.5. The van der Waals surface area contributed by atoms with E-state index in [9.17, 15) is 9.18 Å². The summed E-state index contributed by atoms with van der Waals surface area (Å²) in [6.07, 6.45) is 1.45. The van der Waals surface area contributed by atoms with E-state index in [0.717, 1.165) is 12.8 Å². The van der Waals surface area contributed by atoms with E-state index in [4.69, 9.17) is 29.6 Å². The van der Waals surface area contributed by atoms with E-state index in [1.165, 1.54) is 18.2 Å². The van der Waals surface area contributed by atoms with Crippen LogP contribution in [0, 0.1) is 11.2 Å². The fourth-order valence-corrected chi connectivity index (χ4v) is 2.58. The summed E-state index contributed by atoms with van der Waals surface area (Å²) in [5.74, 6) is -0.770. The van der Waals surface area contributed by atoms with Gasteiger partial charge in [0.1, 0.15) is 5.82 Å². The zero-order valence-electron chi connectivity index (χ0n) is 11.2. The van der Waals surface area contributed by atoms with E-state index in [1.807, 2.05) is 6.92 Å². The lowest BCUT2D eigenvalue weighted by molar-refractivity contribution is 0.0670. The van der Waals surface area contributed by atoms with Gasteiger partial charge in [0.2, 0.25) is 0 Å². The molecule has 1 aromatic carbocycles. The van der Waals surface area contributed by atoms with Crippen LogP contribution in [0.1, 0.15) is 30.1 Å². The molecule has 1 aliphatic rings. The number of rotatable bonds is 2. The Morgan fingerprint density at radius 2 is 2.05 bits per heavy atom. The van der Waals surface area contributed by atoms with Crippen molar-refractivity contribution in [3.63, 3.8) is 0 Å². The molecule has 1 aromatic rings. The molecule has 1 fully saturated rings. The number of benzene rings is 1. The average Bonchev–Trinajstić information content (AvgIpc) is 2.42. The largest absolute Gasteiger partial charge is 0.393 e. The van der Waals surface area contributed by atoms with Crippen LogP contribution >= 0.6 is 23.8 Å². The van der Waals surface area contributed by atoms with Crippen LogP contribution in [0.4, 0.5) is 4.39 Å². The molecule has 2 rings (SSSR count). The van der Waals surface area contributed by atoms with Crippen molar-refractivity contribution in [1.82, 2.24) is 4.90 Å². The number of hydrogen-bond donors (Lipinski definition) is 1. The molecule has 1 heterocycles. The lowest BCUT2D eigenvalue weighted by atomic mass is 9.80. The minimum atomic E-state index is -0.581. The van der Waals surface area contributed by atoms with Crippen molar-refractivity contribution < 1.29 is 9.18 Å². The second-order valence-electron chi connectivity index (χ2n) is 5.35. The van der Waals surface area contributed by atoms with Crippen LogP contribution in [0.3, 0.4) is 0 Å². The normalized spacial score (nSPS) is 17.9. The highest BCUT2D eigenvalue weighted by Crippen LogP contribution is 2.31. The van der Waals surface area contributed by atoms with Gasteiger partial charge in [-0.15, -0.1) is 0 Å². The summed E-state index contributed by atoms with van der Waals surface area (Å²) in [7, 11) is 0. The first-order valence-electron chi connectivity index (χ1n) is 6.38. The van der Waals surface area contributed by atoms with Gasteiger partial charge in [-0.25, -0.2) is 4.39 Å². The molecular formula is C14H16ClFN2OS. The molecule has 0 saturated carbocycles.